The first-order valence-corrected chi connectivity index (χ1v) is 6.96. The Morgan fingerprint density at radius 2 is 2.05 bits per heavy atom. The summed E-state index contributed by atoms with van der Waals surface area (Å²) < 4.78 is 1.91. The van der Waals surface area contributed by atoms with Gasteiger partial charge in [0.15, 0.2) is 5.82 Å². The summed E-state index contributed by atoms with van der Waals surface area (Å²) in [5.41, 5.74) is 2.20. The van der Waals surface area contributed by atoms with E-state index in [9.17, 15) is 0 Å². The molecule has 2 aromatic heterocycles. The third kappa shape index (κ3) is 3.25. The molecule has 104 valence electrons. The molecule has 4 heteroatoms. The van der Waals surface area contributed by atoms with Crippen molar-refractivity contribution < 1.29 is 0 Å². The molecule has 0 bridgehead atoms. The average molecular weight is 260 g/mol. The maximum Gasteiger partial charge on any atom is 0.152 e. The lowest BCUT2D eigenvalue weighted by atomic mass is 9.92. The highest BCUT2D eigenvalue weighted by Crippen LogP contribution is 2.24. The zero-order chi connectivity index (χ0) is 14.0. The number of nitrogens with one attached hydrogen (secondary N) is 1. The fourth-order valence-electron chi connectivity index (χ4n) is 1.90. The molecule has 2 aromatic rings. The summed E-state index contributed by atoms with van der Waals surface area (Å²) in [4.78, 5) is 4.43. The summed E-state index contributed by atoms with van der Waals surface area (Å²) in [6.45, 7) is 11.9. The number of fused-ring (bicyclic) bond motifs is 1. The highest BCUT2D eigenvalue weighted by molar-refractivity contribution is 5.68. The molecule has 0 spiro atoms. The van der Waals surface area contributed by atoms with Gasteiger partial charge in [0.05, 0.1) is 5.69 Å². The molecule has 2 rings (SSSR count). The minimum atomic E-state index is 0.0568. The van der Waals surface area contributed by atoms with E-state index in [1.54, 1.807) is 6.20 Å². The van der Waals surface area contributed by atoms with Crippen molar-refractivity contribution in [3.63, 3.8) is 0 Å². The van der Waals surface area contributed by atoms with Gasteiger partial charge < -0.3 is 5.32 Å². The zero-order valence-electron chi connectivity index (χ0n) is 12.6. The van der Waals surface area contributed by atoms with Gasteiger partial charge in [0.1, 0.15) is 5.52 Å². The topological polar surface area (TPSA) is 42.2 Å². The van der Waals surface area contributed by atoms with Crippen LogP contribution in [0.15, 0.2) is 18.5 Å². The molecule has 0 aliphatic carbocycles. The van der Waals surface area contributed by atoms with Crippen molar-refractivity contribution in [3.8, 4) is 0 Å². The number of hydrogen-bond donors (Lipinski definition) is 1. The SMILES string of the molecule is CC(C)CCNc1nccn2nc(C(C)(C)C)cc12. The van der Waals surface area contributed by atoms with Crippen LogP contribution in [0.4, 0.5) is 5.82 Å². The van der Waals surface area contributed by atoms with Gasteiger partial charge in [-0.3, -0.25) is 0 Å². The summed E-state index contributed by atoms with van der Waals surface area (Å²) in [6.07, 6.45) is 4.84. The number of nitrogens with zero attached hydrogens (tertiary/aromatic N) is 3. The maximum absolute atomic E-state index is 4.62. The molecule has 0 saturated carbocycles. The Bertz CT molecular complexity index is 549. The van der Waals surface area contributed by atoms with Crippen molar-refractivity contribution in [1.29, 1.82) is 0 Å². The zero-order valence-corrected chi connectivity index (χ0v) is 12.6. The molecule has 4 nitrogen and oxygen atoms in total. The van der Waals surface area contributed by atoms with Crippen LogP contribution in [-0.4, -0.2) is 21.1 Å². The van der Waals surface area contributed by atoms with Gasteiger partial charge in [0.25, 0.3) is 0 Å². The highest BCUT2D eigenvalue weighted by atomic mass is 15.2. The number of rotatable bonds is 4. The van der Waals surface area contributed by atoms with Gasteiger partial charge >= 0.3 is 0 Å². The molecule has 0 atom stereocenters. The molecule has 0 fully saturated rings. The number of anilines is 1. The summed E-state index contributed by atoms with van der Waals surface area (Å²) in [7, 11) is 0. The molecule has 19 heavy (non-hydrogen) atoms. The van der Waals surface area contributed by atoms with Crippen LogP contribution in [-0.2, 0) is 5.41 Å². The predicted molar refractivity (Wildman–Crippen MR) is 79.6 cm³/mol. The molecular formula is C15H24N4. The van der Waals surface area contributed by atoms with Crippen LogP contribution >= 0.6 is 0 Å². The smallest absolute Gasteiger partial charge is 0.152 e. The largest absolute Gasteiger partial charge is 0.368 e. The van der Waals surface area contributed by atoms with E-state index < -0.39 is 0 Å². The Morgan fingerprint density at radius 3 is 2.68 bits per heavy atom. The van der Waals surface area contributed by atoms with Crippen LogP contribution in [0.5, 0.6) is 0 Å². The molecule has 0 amide bonds. The van der Waals surface area contributed by atoms with E-state index in [0.717, 1.165) is 30.0 Å². The van der Waals surface area contributed by atoms with Crippen molar-refractivity contribution in [2.45, 2.75) is 46.5 Å². The first kappa shape index (κ1) is 13.8. The molecular weight excluding hydrogens is 236 g/mol. The van der Waals surface area contributed by atoms with Crippen LogP contribution in [0.25, 0.3) is 5.52 Å². The van der Waals surface area contributed by atoms with Crippen molar-refractivity contribution >= 4 is 11.3 Å². The summed E-state index contributed by atoms with van der Waals surface area (Å²) >= 11 is 0. The van der Waals surface area contributed by atoms with Crippen LogP contribution in [0.1, 0.15) is 46.7 Å². The van der Waals surface area contributed by atoms with Crippen molar-refractivity contribution in [2.75, 3.05) is 11.9 Å². The predicted octanol–water partition coefficient (Wildman–Crippen LogP) is 3.48. The monoisotopic (exact) mass is 260 g/mol. The third-order valence-electron chi connectivity index (χ3n) is 3.17. The van der Waals surface area contributed by atoms with Crippen LogP contribution in [0.3, 0.4) is 0 Å². The fraction of sp³-hybridized carbons (Fsp3) is 0.600. The van der Waals surface area contributed by atoms with E-state index in [2.05, 4.69) is 56.1 Å². The fourth-order valence-corrected chi connectivity index (χ4v) is 1.90. The van der Waals surface area contributed by atoms with Gasteiger partial charge in [-0.05, 0) is 18.4 Å². The van der Waals surface area contributed by atoms with Crippen molar-refractivity contribution in [3.05, 3.63) is 24.2 Å². The summed E-state index contributed by atoms with van der Waals surface area (Å²) in [5.74, 6) is 1.62. The minimum Gasteiger partial charge on any atom is -0.368 e. The molecule has 2 heterocycles. The van der Waals surface area contributed by atoms with Gasteiger partial charge in [0.2, 0.25) is 0 Å². The second-order valence-electron chi connectivity index (χ2n) is 6.49. The summed E-state index contributed by atoms with van der Waals surface area (Å²) in [5, 5.41) is 8.04. The van der Waals surface area contributed by atoms with Gasteiger partial charge in [-0.1, -0.05) is 34.6 Å². The van der Waals surface area contributed by atoms with E-state index in [1.165, 1.54) is 0 Å². The van der Waals surface area contributed by atoms with Crippen molar-refractivity contribution in [1.82, 2.24) is 14.6 Å². The average Bonchev–Trinajstić information content (AvgIpc) is 2.72. The molecule has 0 aliphatic rings. The molecule has 0 aromatic carbocycles. The first-order chi connectivity index (χ1) is 8.88. The van der Waals surface area contributed by atoms with Crippen LogP contribution < -0.4 is 5.32 Å². The van der Waals surface area contributed by atoms with E-state index in [1.807, 2.05) is 10.7 Å². The molecule has 0 aliphatic heterocycles. The Hall–Kier alpha value is -1.58. The normalized spacial score (nSPS) is 12.3. The van der Waals surface area contributed by atoms with E-state index in [-0.39, 0.29) is 5.41 Å². The van der Waals surface area contributed by atoms with Gasteiger partial charge in [-0.2, -0.15) is 5.10 Å². The Morgan fingerprint density at radius 1 is 1.32 bits per heavy atom. The lowest BCUT2D eigenvalue weighted by Gasteiger charge is -2.13. The van der Waals surface area contributed by atoms with E-state index in [4.69, 9.17) is 0 Å². The van der Waals surface area contributed by atoms with Crippen LogP contribution in [0, 0.1) is 5.92 Å². The maximum atomic E-state index is 4.62. The molecule has 0 radical (unpaired) electrons. The highest BCUT2D eigenvalue weighted by Gasteiger charge is 2.18. The second kappa shape index (κ2) is 5.19. The number of hydrogen-bond acceptors (Lipinski definition) is 3. The lowest BCUT2D eigenvalue weighted by Crippen LogP contribution is -2.11. The van der Waals surface area contributed by atoms with E-state index >= 15 is 0 Å². The summed E-state index contributed by atoms with van der Waals surface area (Å²) in [6, 6.07) is 2.13. The van der Waals surface area contributed by atoms with Crippen LogP contribution in [0.2, 0.25) is 0 Å². The van der Waals surface area contributed by atoms with Gasteiger partial charge in [0, 0.05) is 24.4 Å². The lowest BCUT2D eigenvalue weighted by molar-refractivity contribution is 0.562. The Labute approximate surface area is 115 Å². The van der Waals surface area contributed by atoms with E-state index in [0.29, 0.717) is 5.92 Å². The molecule has 0 unspecified atom stereocenters. The molecule has 1 N–H and O–H groups in total. The molecule has 0 saturated heterocycles. The van der Waals surface area contributed by atoms with Crippen molar-refractivity contribution in [2.24, 2.45) is 5.92 Å². The standard InChI is InChI=1S/C15H24N4/c1-11(2)6-7-16-14-12-10-13(15(3,4)5)18-19(12)9-8-17-14/h8-11H,6-7H2,1-5H3,(H,16,17). The number of aromatic nitrogens is 3. The third-order valence-corrected chi connectivity index (χ3v) is 3.17. The first-order valence-electron chi connectivity index (χ1n) is 6.96. The second-order valence-corrected chi connectivity index (χ2v) is 6.49. The minimum absolute atomic E-state index is 0.0568. The Kier molecular flexibility index (Phi) is 3.78. The van der Waals surface area contributed by atoms with Gasteiger partial charge in [-0.15, -0.1) is 0 Å². The quantitative estimate of drug-likeness (QED) is 0.915. The Balaban J connectivity index is 2.27. The van der Waals surface area contributed by atoms with Gasteiger partial charge in [-0.25, -0.2) is 9.50 Å².